The summed E-state index contributed by atoms with van der Waals surface area (Å²) in [4.78, 5) is 2.28. The standard InChI is InChI=1S/C10H19N/c1-5-7-10(3)9-11(4)8-6-2/h5,7H,3,6,8-9H2,1-2,4H3/b7-5+. The minimum atomic E-state index is 0.984. The van der Waals surface area contributed by atoms with E-state index in [0.29, 0.717) is 0 Å². The maximum atomic E-state index is 3.94. The van der Waals surface area contributed by atoms with Gasteiger partial charge in [-0.1, -0.05) is 25.7 Å². The summed E-state index contributed by atoms with van der Waals surface area (Å²) in [6, 6.07) is 0. The van der Waals surface area contributed by atoms with E-state index in [9.17, 15) is 0 Å². The van der Waals surface area contributed by atoms with Gasteiger partial charge in [0.2, 0.25) is 0 Å². The number of nitrogens with zero attached hydrogens (tertiary/aromatic N) is 1. The van der Waals surface area contributed by atoms with Gasteiger partial charge in [-0.3, -0.25) is 0 Å². The minimum absolute atomic E-state index is 0.984. The summed E-state index contributed by atoms with van der Waals surface area (Å²) in [5.74, 6) is 0. The molecule has 0 saturated heterocycles. The van der Waals surface area contributed by atoms with Crippen LogP contribution in [0.1, 0.15) is 20.3 Å². The zero-order chi connectivity index (χ0) is 8.69. The van der Waals surface area contributed by atoms with Gasteiger partial charge in [0.15, 0.2) is 0 Å². The van der Waals surface area contributed by atoms with Crippen molar-refractivity contribution in [2.45, 2.75) is 20.3 Å². The van der Waals surface area contributed by atoms with E-state index in [1.807, 2.05) is 13.0 Å². The van der Waals surface area contributed by atoms with Crippen molar-refractivity contribution in [3.63, 3.8) is 0 Å². The van der Waals surface area contributed by atoms with Crippen molar-refractivity contribution in [1.82, 2.24) is 4.90 Å². The first-order valence-corrected chi connectivity index (χ1v) is 4.19. The lowest BCUT2D eigenvalue weighted by Crippen LogP contribution is -2.20. The zero-order valence-corrected chi connectivity index (χ0v) is 7.93. The third kappa shape index (κ3) is 5.86. The Hall–Kier alpha value is -0.560. The molecule has 0 fully saturated rings. The Morgan fingerprint density at radius 2 is 2.18 bits per heavy atom. The molecule has 0 heterocycles. The predicted molar refractivity (Wildman–Crippen MR) is 51.7 cm³/mol. The molecule has 0 spiro atoms. The van der Waals surface area contributed by atoms with Crippen LogP contribution in [0.2, 0.25) is 0 Å². The third-order valence-corrected chi connectivity index (χ3v) is 1.48. The molecular weight excluding hydrogens is 134 g/mol. The molecule has 0 aromatic heterocycles. The van der Waals surface area contributed by atoms with Gasteiger partial charge in [-0.2, -0.15) is 0 Å². The lowest BCUT2D eigenvalue weighted by atomic mass is 10.2. The molecule has 0 aliphatic rings. The van der Waals surface area contributed by atoms with Crippen molar-refractivity contribution in [2.24, 2.45) is 0 Å². The van der Waals surface area contributed by atoms with Gasteiger partial charge in [0.1, 0.15) is 0 Å². The molecule has 0 atom stereocenters. The lowest BCUT2D eigenvalue weighted by molar-refractivity contribution is 0.365. The van der Waals surface area contributed by atoms with Crippen molar-refractivity contribution >= 4 is 0 Å². The first-order valence-electron chi connectivity index (χ1n) is 4.19. The smallest absolute Gasteiger partial charge is 0.0224 e. The molecule has 0 amide bonds. The Kier molecular flexibility index (Phi) is 5.86. The van der Waals surface area contributed by atoms with Crippen LogP contribution in [0.25, 0.3) is 0 Å². The number of allylic oxidation sites excluding steroid dienone is 1. The summed E-state index contributed by atoms with van der Waals surface area (Å²) in [5.41, 5.74) is 1.18. The summed E-state index contributed by atoms with van der Waals surface area (Å²) in [7, 11) is 2.12. The fourth-order valence-electron chi connectivity index (χ4n) is 1.10. The Morgan fingerprint density at radius 3 is 2.64 bits per heavy atom. The van der Waals surface area contributed by atoms with Crippen molar-refractivity contribution < 1.29 is 0 Å². The maximum absolute atomic E-state index is 3.94. The van der Waals surface area contributed by atoms with Crippen LogP contribution in [0.15, 0.2) is 24.3 Å². The van der Waals surface area contributed by atoms with Crippen LogP contribution in [0, 0.1) is 0 Å². The highest BCUT2D eigenvalue weighted by molar-refractivity contribution is 5.15. The number of hydrogen-bond donors (Lipinski definition) is 0. The van der Waals surface area contributed by atoms with E-state index in [2.05, 4.69) is 31.5 Å². The van der Waals surface area contributed by atoms with E-state index in [0.717, 1.165) is 13.1 Å². The van der Waals surface area contributed by atoms with Crippen LogP contribution >= 0.6 is 0 Å². The van der Waals surface area contributed by atoms with Gasteiger partial charge < -0.3 is 4.90 Å². The van der Waals surface area contributed by atoms with Crippen molar-refractivity contribution in [3.05, 3.63) is 24.3 Å². The van der Waals surface area contributed by atoms with Crippen molar-refractivity contribution in [1.29, 1.82) is 0 Å². The van der Waals surface area contributed by atoms with Crippen molar-refractivity contribution in [2.75, 3.05) is 20.1 Å². The second-order valence-corrected chi connectivity index (χ2v) is 2.90. The molecule has 0 aliphatic carbocycles. The summed E-state index contributed by atoms with van der Waals surface area (Å²) >= 11 is 0. The van der Waals surface area contributed by atoms with E-state index >= 15 is 0 Å². The number of rotatable bonds is 5. The fraction of sp³-hybridized carbons (Fsp3) is 0.600. The molecule has 0 saturated carbocycles. The normalized spacial score (nSPS) is 11.3. The average Bonchev–Trinajstić information content (AvgIpc) is 1.87. The quantitative estimate of drug-likeness (QED) is 0.548. The second-order valence-electron chi connectivity index (χ2n) is 2.90. The van der Waals surface area contributed by atoms with Gasteiger partial charge in [0, 0.05) is 6.54 Å². The first-order chi connectivity index (χ1) is 5.20. The number of hydrogen-bond acceptors (Lipinski definition) is 1. The van der Waals surface area contributed by atoms with E-state index < -0.39 is 0 Å². The van der Waals surface area contributed by atoms with E-state index in [4.69, 9.17) is 0 Å². The topological polar surface area (TPSA) is 3.24 Å². The van der Waals surface area contributed by atoms with Gasteiger partial charge >= 0.3 is 0 Å². The molecule has 0 rings (SSSR count). The van der Waals surface area contributed by atoms with Gasteiger partial charge in [-0.25, -0.2) is 0 Å². The molecule has 1 heteroatoms. The summed E-state index contributed by atoms with van der Waals surface area (Å²) in [6.45, 7) is 10.3. The number of likely N-dealkylation sites (N-methyl/N-ethyl adjacent to an activating group) is 1. The molecule has 0 N–H and O–H groups in total. The molecule has 11 heavy (non-hydrogen) atoms. The summed E-state index contributed by atoms with van der Waals surface area (Å²) in [6.07, 6.45) is 5.30. The zero-order valence-electron chi connectivity index (χ0n) is 7.93. The maximum Gasteiger partial charge on any atom is 0.0224 e. The summed E-state index contributed by atoms with van der Waals surface area (Å²) < 4.78 is 0. The Morgan fingerprint density at radius 1 is 1.55 bits per heavy atom. The van der Waals surface area contributed by atoms with E-state index in [-0.39, 0.29) is 0 Å². The van der Waals surface area contributed by atoms with Crippen LogP contribution in [-0.4, -0.2) is 25.0 Å². The molecule has 0 bridgehead atoms. The van der Waals surface area contributed by atoms with Crippen LogP contribution in [0.5, 0.6) is 0 Å². The van der Waals surface area contributed by atoms with Crippen molar-refractivity contribution in [3.8, 4) is 0 Å². The second kappa shape index (κ2) is 6.17. The molecule has 0 radical (unpaired) electrons. The Balaban J connectivity index is 3.57. The fourth-order valence-corrected chi connectivity index (χ4v) is 1.10. The molecule has 1 nitrogen and oxygen atoms in total. The third-order valence-electron chi connectivity index (χ3n) is 1.48. The van der Waals surface area contributed by atoms with Crippen LogP contribution < -0.4 is 0 Å². The van der Waals surface area contributed by atoms with Crippen LogP contribution in [0.4, 0.5) is 0 Å². The van der Waals surface area contributed by atoms with Crippen LogP contribution in [-0.2, 0) is 0 Å². The highest BCUT2D eigenvalue weighted by Crippen LogP contribution is 1.96. The highest BCUT2D eigenvalue weighted by atomic mass is 15.1. The molecule has 64 valence electrons. The monoisotopic (exact) mass is 153 g/mol. The largest absolute Gasteiger partial charge is 0.302 e. The van der Waals surface area contributed by atoms with Gasteiger partial charge in [-0.05, 0) is 32.5 Å². The van der Waals surface area contributed by atoms with Gasteiger partial charge in [-0.15, -0.1) is 0 Å². The van der Waals surface area contributed by atoms with Gasteiger partial charge in [0.05, 0.1) is 0 Å². The molecule has 0 unspecified atom stereocenters. The average molecular weight is 153 g/mol. The Labute approximate surface area is 70.4 Å². The lowest BCUT2D eigenvalue weighted by Gasteiger charge is -2.14. The van der Waals surface area contributed by atoms with E-state index in [1.165, 1.54) is 12.0 Å². The van der Waals surface area contributed by atoms with Crippen LogP contribution in [0.3, 0.4) is 0 Å². The molecule has 0 aromatic rings. The van der Waals surface area contributed by atoms with E-state index in [1.54, 1.807) is 0 Å². The molecular formula is C10H19N. The Bertz CT molecular complexity index is 136. The SMILES string of the molecule is C=C(/C=C/C)CN(C)CCC. The molecule has 0 aromatic carbocycles. The highest BCUT2D eigenvalue weighted by Gasteiger charge is 1.95. The summed E-state index contributed by atoms with van der Waals surface area (Å²) in [5, 5.41) is 0. The van der Waals surface area contributed by atoms with Gasteiger partial charge in [0.25, 0.3) is 0 Å². The molecule has 0 aliphatic heterocycles. The first kappa shape index (κ1) is 10.4. The predicted octanol–water partition coefficient (Wildman–Crippen LogP) is 2.46. The minimum Gasteiger partial charge on any atom is -0.302 e.